The maximum atomic E-state index is 10.3. The minimum atomic E-state index is -0.428. The molecule has 0 amide bonds. The summed E-state index contributed by atoms with van der Waals surface area (Å²) in [6.45, 7) is 4.83. The zero-order valence-electron chi connectivity index (χ0n) is 13.8. The molecule has 1 heterocycles. The number of aryl methyl sites for hydroxylation is 1. The van der Waals surface area contributed by atoms with Gasteiger partial charge in [0.2, 0.25) is 0 Å². The van der Waals surface area contributed by atoms with Crippen molar-refractivity contribution in [3.05, 3.63) is 65.7 Å². The monoisotopic (exact) mass is 310 g/mol. The van der Waals surface area contributed by atoms with Gasteiger partial charge in [0.15, 0.2) is 0 Å². The summed E-state index contributed by atoms with van der Waals surface area (Å²) >= 11 is 0. The molecule has 2 aromatic rings. The summed E-state index contributed by atoms with van der Waals surface area (Å²) in [5.41, 5.74) is 3.53. The summed E-state index contributed by atoms with van der Waals surface area (Å²) in [6, 6.07) is 19.2. The van der Waals surface area contributed by atoms with E-state index < -0.39 is 6.10 Å². The van der Waals surface area contributed by atoms with Gasteiger partial charge in [-0.05, 0) is 37.5 Å². The Morgan fingerprint density at radius 2 is 1.70 bits per heavy atom. The van der Waals surface area contributed by atoms with Crippen LogP contribution in [0.1, 0.15) is 30.1 Å². The van der Waals surface area contributed by atoms with Gasteiger partial charge < -0.3 is 15.3 Å². The lowest BCUT2D eigenvalue weighted by molar-refractivity contribution is 0.167. The van der Waals surface area contributed by atoms with Crippen LogP contribution in [0, 0.1) is 6.92 Å². The Balaban J connectivity index is 1.45. The molecular weight excluding hydrogens is 284 g/mol. The van der Waals surface area contributed by atoms with Crippen molar-refractivity contribution < 1.29 is 5.11 Å². The number of aliphatic hydroxyl groups is 1. The first-order valence-electron chi connectivity index (χ1n) is 8.50. The van der Waals surface area contributed by atoms with Crippen LogP contribution in [0.2, 0.25) is 0 Å². The smallest absolute Gasteiger partial charge is 0.0914 e. The fourth-order valence-corrected chi connectivity index (χ4v) is 3.17. The van der Waals surface area contributed by atoms with Gasteiger partial charge in [-0.15, -0.1) is 0 Å². The molecule has 0 aliphatic carbocycles. The van der Waals surface area contributed by atoms with Gasteiger partial charge in [0.1, 0.15) is 0 Å². The van der Waals surface area contributed by atoms with E-state index in [1.54, 1.807) is 0 Å². The largest absolute Gasteiger partial charge is 0.387 e. The Kier molecular flexibility index (Phi) is 5.31. The van der Waals surface area contributed by atoms with Gasteiger partial charge in [-0.2, -0.15) is 0 Å². The van der Waals surface area contributed by atoms with Crippen LogP contribution < -0.4 is 10.2 Å². The molecule has 1 aliphatic heterocycles. The third kappa shape index (κ3) is 4.34. The molecule has 0 spiro atoms. The molecule has 0 bridgehead atoms. The molecule has 1 saturated heterocycles. The molecule has 2 aromatic carbocycles. The third-order valence-corrected chi connectivity index (χ3v) is 4.68. The second kappa shape index (κ2) is 7.62. The Morgan fingerprint density at radius 1 is 1.04 bits per heavy atom. The van der Waals surface area contributed by atoms with Crippen molar-refractivity contribution in [3.8, 4) is 0 Å². The van der Waals surface area contributed by atoms with Crippen molar-refractivity contribution in [1.29, 1.82) is 0 Å². The molecule has 122 valence electrons. The van der Waals surface area contributed by atoms with Gasteiger partial charge in [0.05, 0.1) is 6.10 Å². The Morgan fingerprint density at radius 3 is 2.35 bits per heavy atom. The van der Waals surface area contributed by atoms with Crippen molar-refractivity contribution >= 4 is 5.69 Å². The van der Waals surface area contributed by atoms with Crippen LogP contribution in [0.15, 0.2) is 54.6 Å². The van der Waals surface area contributed by atoms with E-state index in [9.17, 15) is 5.11 Å². The molecule has 1 aliphatic rings. The first-order valence-corrected chi connectivity index (χ1v) is 8.50. The van der Waals surface area contributed by atoms with Crippen LogP contribution in [0.25, 0.3) is 0 Å². The van der Waals surface area contributed by atoms with Crippen LogP contribution >= 0.6 is 0 Å². The van der Waals surface area contributed by atoms with Gasteiger partial charge >= 0.3 is 0 Å². The summed E-state index contributed by atoms with van der Waals surface area (Å²) in [5, 5.41) is 13.8. The molecule has 1 atom stereocenters. The van der Waals surface area contributed by atoms with Crippen molar-refractivity contribution in [3.63, 3.8) is 0 Å². The van der Waals surface area contributed by atoms with Gasteiger partial charge in [-0.1, -0.05) is 48.0 Å². The van der Waals surface area contributed by atoms with Crippen LogP contribution in [-0.4, -0.2) is 30.8 Å². The maximum Gasteiger partial charge on any atom is 0.0914 e. The van der Waals surface area contributed by atoms with Gasteiger partial charge in [-0.25, -0.2) is 0 Å². The number of nitrogens with zero attached hydrogens (tertiary/aromatic N) is 1. The standard InChI is InChI=1S/C20H26N2O/c1-16-7-9-17(10-8-16)20(23)15-21-18-11-13-22(14-12-18)19-5-3-2-4-6-19/h2-10,18,20-21,23H,11-15H2,1H3. The highest BCUT2D eigenvalue weighted by molar-refractivity contribution is 5.46. The summed E-state index contributed by atoms with van der Waals surface area (Å²) in [4.78, 5) is 2.44. The summed E-state index contributed by atoms with van der Waals surface area (Å²) < 4.78 is 0. The van der Waals surface area contributed by atoms with Crippen molar-refractivity contribution in [2.75, 3.05) is 24.5 Å². The third-order valence-electron chi connectivity index (χ3n) is 4.68. The summed E-state index contributed by atoms with van der Waals surface area (Å²) in [6.07, 6.45) is 1.81. The highest BCUT2D eigenvalue weighted by Gasteiger charge is 2.19. The molecule has 3 heteroatoms. The molecule has 2 N–H and O–H groups in total. The van der Waals surface area contributed by atoms with E-state index in [1.165, 1.54) is 11.3 Å². The maximum absolute atomic E-state index is 10.3. The number of aliphatic hydroxyl groups excluding tert-OH is 1. The highest BCUT2D eigenvalue weighted by atomic mass is 16.3. The van der Waals surface area contributed by atoms with E-state index >= 15 is 0 Å². The average Bonchev–Trinajstić information content (AvgIpc) is 2.61. The number of nitrogens with one attached hydrogen (secondary N) is 1. The summed E-state index contributed by atoms with van der Waals surface area (Å²) in [5.74, 6) is 0. The number of rotatable bonds is 5. The number of anilines is 1. The number of hydrogen-bond donors (Lipinski definition) is 2. The normalized spacial score (nSPS) is 17.2. The number of para-hydroxylation sites is 1. The van der Waals surface area contributed by atoms with Crippen LogP contribution in [0.5, 0.6) is 0 Å². The number of piperidine rings is 1. The second-order valence-corrected chi connectivity index (χ2v) is 6.43. The molecular formula is C20H26N2O. The van der Waals surface area contributed by atoms with E-state index in [2.05, 4.69) is 59.6 Å². The molecule has 3 nitrogen and oxygen atoms in total. The van der Waals surface area contributed by atoms with Crippen LogP contribution in [0.4, 0.5) is 5.69 Å². The average molecular weight is 310 g/mol. The van der Waals surface area contributed by atoms with Crippen LogP contribution in [-0.2, 0) is 0 Å². The zero-order chi connectivity index (χ0) is 16.1. The van der Waals surface area contributed by atoms with Crippen molar-refractivity contribution in [2.45, 2.75) is 31.9 Å². The predicted molar refractivity (Wildman–Crippen MR) is 95.8 cm³/mol. The topological polar surface area (TPSA) is 35.5 Å². The Bertz CT molecular complexity index is 589. The Labute approximate surface area is 139 Å². The lowest BCUT2D eigenvalue weighted by atomic mass is 10.0. The van der Waals surface area contributed by atoms with Crippen molar-refractivity contribution in [1.82, 2.24) is 5.32 Å². The number of benzene rings is 2. The molecule has 0 aromatic heterocycles. The van der Waals surface area contributed by atoms with E-state index in [-0.39, 0.29) is 0 Å². The molecule has 1 unspecified atom stereocenters. The Hall–Kier alpha value is -1.84. The minimum Gasteiger partial charge on any atom is -0.387 e. The SMILES string of the molecule is Cc1ccc(C(O)CNC2CCN(c3ccccc3)CC2)cc1. The second-order valence-electron chi connectivity index (χ2n) is 6.43. The molecule has 0 saturated carbocycles. The van der Waals surface area contributed by atoms with Crippen molar-refractivity contribution in [2.24, 2.45) is 0 Å². The fourth-order valence-electron chi connectivity index (χ4n) is 3.17. The molecule has 1 fully saturated rings. The first-order chi connectivity index (χ1) is 11.2. The quantitative estimate of drug-likeness (QED) is 0.889. The first kappa shape index (κ1) is 16.0. The van der Waals surface area contributed by atoms with E-state index in [0.29, 0.717) is 12.6 Å². The fraction of sp³-hybridized carbons (Fsp3) is 0.400. The minimum absolute atomic E-state index is 0.428. The summed E-state index contributed by atoms with van der Waals surface area (Å²) in [7, 11) is 0. The van der Waals surface area contributed by atoms with Gasteiger partial charge in [-0.3, -0.25) is 0 Å². The highest BCUT2D eigenvalue weighted by Crippen LogP contribution is 2.20. The van der Waals surface area contributed by atoms with E-state index in [4.69, 9.17) is 0 Å². The molecule has 0 radical (unpaired) electrons. The number of hydrogen-bond acceptors (Lipinski definition) is 3. The zero-order valence-corrected chi connectivity index (χ0v) is 13.8. The molecule has 23 heavy (non-hydrogen) atoms. The molecule has 3 rings (SSSR count). The predicted octanol–water partition coefficient (Wildman–Crippen LogP) is 3.29. The lowest BCUT2D eigenvalue weighted by Crippen LogP contribution is -2.43. The van der Waals surface area contributed by atoms with Gasteiger partial charge in [0.25, 0.3) is 0 Å². The van der Waals surface area contributed by atoms with Gasteiger partial charge in [0, 0.05) is 31.4 Å². The van der Waals surface area contributed by atoms with Crippen LogP contribution in [0.3, 0.4) is 0 Å². The van der Waals surface area contributed by atoms with E-state index in [0.717, 1.165) is 31.5 Å². The van der Waals surface area contributed by atoms with E-state index in [1.807, 2.05) is 12.1 Å². The lowest BCUT2D eigenvalue weighted by Gasteiger charge is -2.34.